The first-order chi connectivity index (χ1) is 14.1. The molecular weight excluding hydrogens is 423 g/mol. The Balaban J connectivity index is 1.59. The number of aryl methyl sites for hydroxylation is 2. The molecule has 0 atom stereocenters. The fourth-order valence-electron chi connectivity index (χ4n) is 4.03. The minimum Gasteiger partial charge on any atom is -0.294 e. The van der Waals surface area contributed by atoms with E-state index in [0.29, 0.717) is 22.0 Å². The van der Waals surface area contributed by atoms with Gasteiger partial charge >= 0.3 is 0 Å². The molecule has 0 saturated carbocycles. The quantitative estimate of drug-likeness (QED) is 0.371. The van der Waals surface area contributed by atoms with Crippen molar-refractivity contribution in [3.05, 3.63) is 85.2 Å². The Kier molecular flexibility index (Phi) is 4.94. The molecule has 0 aliphatic heterocycles. The monoisotopic (exact) mass is 440 g/mol. The highest BCUT2D eigenvalue weighted by Gasteiger charge is 2.16. The van der Waals surface area contributed by atoms with E-state index < -0.39 is 0 Å². The zero-order chi connectivity index (χ0) is 20.0. The Morgan fingerprint density at radius 1 is 1.00 bits per heavy atom. The maximum Gasteiger partial charge on any atom is 0.263 e. The maximum absolute atomic E-state index is 13.3. The fourth-order valence-corrected chi connectivity index (χ4v) is 5.26. The van der Waals surface area contributed by atoms with Gasteiger partial charge in [0.1, 0.15) is 4.83 Å². The molecule has 0 saturated heterocycles. The first-order valence-corrected chi connectivity index (χ1v) is 11.3. The molecule has 6 heteroatoms. The van der Waals surface area contributed by atoms with Gasteiger partial charge in [-0.2, -0.15) is 0 Å². The van der Waals surface area contributed by atoms with E-state index in [2.05, 4.69) is 23.2 Å². The smallest absolute Gasteiger partial charge is 0.263 e. The summed E-state index contributed by atoms with van der Waals surface area (Å²) in [5, 5.41) is 3.72. The largest absolute Gasteiger partial charge is 0.294 e. The standard InChI is InChI=1S/C23H18Cl2N2OS/c24-19-8-5-14(9-20(19)25)11-27-13-26-22-21(23(27)28)18(12-29-22)17-7-6-15-3-1-2-4-16(15)10-17/h5-10,12-13H,1-4,11H2. The molecule has 4 aromatic rings. The van der Waals surface area contributed by atoms with Gasteiger partial charge in [-0.25, -0.2) is 4.98 Å². The Labute approximate surface area is 182 Å². The molecule has 146 valence electrons. The Morgan fingerprint density at radius 2 is 1.83 bits per heavy atom. The van der Waals surface area contributed by atoms with Crippen molar-refractivity contribution in [3.8, 4) is 11.1 Å². The Hall–Kier alpha value is -2.14. The zero-order valence-electron chi connectivity index (χ0n) is 15.6. The van der Waals surface area contributed by atoms with E-state index in [1.165, 1.54) is 35.3 Å². The van der Waals surface area contributed by atoms with Crippen LogP contribution in [0.15, 0.2) is 52.9 Å². The van der Waals surface area contributed by atoms with Crippen LogP contribution in [-0.2, 0) is 19.4 Å². The van der Waals surface area contributed by atoms with Crippen molar-refractivity contribution in [2.75, 3.05) is 0 Å². The molecule has 0 fully saturated rings. The topological polar surface area (TPSA) is 34.9 Å². The van der Waals surface area contributed by atoms with E-state index in [1.54, 1.807) is 23.0 Å². The lowest BCUT2D eigenvalue weighted by Gasteiger charge is -2.16. The van der Waals surface area contributed by atoms with Crippen LogP contribution in [0.25, 0.3) is 21.3 Å². The molecule has 1 aliphatic carbocycles. The van der Waals surface area contributed by atoms with Crippen LogP contribution in [0.1, 0.15) is 29.5 Å². The molecule has 0 bridgehead atoms. The molecule has 1 aliphatic rings. The number of nitrogens with zero attached hydrogens (tertiary/aromatic N) is 2. The van der Waals surface area contributed by atoms with Crippen molar-refractivity contribution in [3.63, 3.8) is 0 Å². The van der Waals surface area contributed by atoms with Gasteiger partial charge in [0.15, 0.2) is 0 Å². The summed E-state index contributed by atoms with van der Waals surface area (Å²) in [6.45, 7) is 0.401. The summed E-state index contributed by atoms with van der Waals surface area (Å²) in [4.78, 5) is 18.6. The lowest BCUT2D eigenvalue weighted by molar-refractivity contribution is 0.686. The van der Waals surface area contributed by atoms with Crippen molar-refractivity contribution in [1.82, 2.24) is 9.55 Å². The summed E-state index contributed by atoms with van der Waals surface area (Å²) in [6.07, 6.45) is 6.37. The Bertz CT molecular complexity index is 1290. The number of halogens is 2. The summed E-state index contributed by atoms with van der Waals surface area (Å²) in [5.74, 6) is 0. The minimum absolute atomic E-state index is 0.0324. The summed E-state index contributed by atoms with van der Waals surface area (Å²) >= 11 is 13.7. The number of rotatable bonds is 3. The van der Waals surface area contributed by atoms with Gasteiger partial charge < -0.3 is 0 Å². The lowest BCUT2D eigenvalue weighted by atomic mass is 9.89. The van der Waals surface area contributed by atoms with Gasteiger partial charge in [0.25, 0.3) is 5.56 Å². The van der Waals surface area contributed by atoms with Gasteiger partial charge in [0.2, 0.25) is 0 Å². The van der Waals surface area contributed by atoms with Crippen molar-refractivity contribution < 1.29 is 0 Å². The first-order valence-electron chi connectivity index (χ1n) is 9.63. The van der Waals surface area contributed by atoms with E-state index >= 15 is 0 Å². The fraction of sp³-hybridized carbons (Fsp3) is 0.217. The Morgan fingerprint density at radius 3 is 2.66 bits per heavy atom. The highest BCUT2D eigenvalue weighted by Crippen LogP contribution is 2.33. The highest BCUT2D eigenvalue weighted by atomic mass is 35.5. The third kappa shape index (κ3) is 3.50. The number of fused-ring (bicyclic) bond motifs is 2. The van der Waals surface area contributed by atoms with E-state index in [-0.39, 0.29) is 5.56 Å². The van der Waals surface area contributed by atoms with Crippen LogP contribution in [0.5, 0.6) is 0 Å². The van der Waals surface area contributed by atoms with Crippen molar-refractivity contribution in [1.29, 1.82) is 0 Å². The van der Waals surface area contributed by atoms with Crippen LogP contribution in [-0.4, -0.2) is 9.55 Å². The maximum atomic E-state index is 13.3. The number of aromatic nitrogens is 2. The second kappa shape index (κ2) is 7.60. The molecule has 5 rings (SSSR count). The van der Waals surface area contributed by atoms with Gasteiger partial charge in [0, 0.05) is 10.9 Å². The van der Waals surface area contributed by atoms with Crippen LogP contribution < -0.4 is 5.56 Å². The SMILES string of the molecule is O=c1c2c(-c3ccc4c(c3)CCCC4)csc2ncn1Cc1ccc(Cl)c(Cl)c1. The predicted octanol–water partition coefficient (Wildman–Crippen LogP) is 6.36. The number of hydrogen-bond acceptors (Lipinski definition) is 3. The third-order valence-electron chi connectivity index (χ3n) is 5.56. The number of benzene rings is 2. The van der Waals surface area contributed by atoms with Gasteiger partial charge in [-0.3, -0.25) is 9.36 Å². The molecule has 2 heterocycles. The van der Waals surface area contributed by atoms with Crippen molar-refractivity contribution >= 4 is 44.8 Å². The van der Waals surface area contributed by atoms with Gasteiger partial charge in [-0.15, -0.1) is 11.3 Å². The van der Waals surface area contributed by atoms with E-state index in [1.807, 2.05) is 11.4 Å². The molecule has 0 radical (unpaired) electrons. The second-order valence-corrected chi connectivity index (χ2v) is 9.12. The summed E-state index contributed by atoms with van der Waals surface area (Å²) in [5.41, 5.74) is 5.80. The average molecular weight is 441 g/mol. The molecule has 0 spiro atoms. The zero-order valence-corrected chi connectivity index (χ0v) is 17.9. The lowest BCUT2D eigenvalue weighted by Crippen LogP contribution is -2.21. The van der Waals surface area contributed by atoms with Gasteiger partial charge in [0.05, 0.1) is 28.3 Å². The molecule has 29 heavy (non-hydrogen) atoms. The van der Waals surface area contributed by atoms with Crippen molar-refractivity contribution in [2.24, 2.45) is 0 Å². The molecule has 3 nitrogen and oxygen atoms in total. The van der Waals surface area contributed by atoms with Crippen molar-refractivity contribution in [2.45, 2.75) is 32.2 Å². The molecule has 0 amide bonds. The number of thiophene rings is 1. The molecule has 2 aromatic carbocycles. The van der Waals surface area contributed by atoms with Gasteiger partial charge in [-0.05, 0) is 60.1 Å². The summed E-state index contributed by atoms with van der Waals surface area (Å²) in [7, 11) is 0. The predicted molar refractivity (Wildman–Crippen MR) is 122 cm³/mol. The van der Waals surface area contributed by atoms with Crippen LogP contribution in [0, 0.1) is 0 Å². The van der Waals surface area contributed by atoms with Gasteiger partial charge in [-0.1, -0.05) is 47.5 Å². The second-order valence-electron chi connectivity index (χ2n) is 7.45. The highest BCUT2D eigenvalue weighted by molar-refractivity contribution is 7.17. The molecule has 0 N–H and O–H groups in total. The molecular formula is C23H18Cl2N2OS. The van der Waals surface area contributed by atoms with E-state index in [9.17, 15) is 4.79 Å². The van der Waals surface area contributed by atoms with Crippen LogP contribution in [0.3, 0.4) is 0 Å². The normalized spacial score (nSPS) is 13.6. The number of hydrogen-bond donors (Lipinski definition) is 0. The van der Waals surface area contributed by atoms with Crippen LogP contribution in [0.2, 0.25) is 10.0 Å². The van der Waals surface area contributed by atoms with E-state index in [0.717, 1.165) is 34.4 Å². The average Bonchev–Trinajstić information content (AvgIpc) is 3.17. The molecule has 0 unspecified atom stereocenters. The first kappa shape index (κ1) is 18.9. The minimum atomic E-state index is -0.0324. The van der Waals surface area contributed by atoms with Crippen LogP contribution in [0.4, 0.5) is 0 Å². The molecule has 2 aromatic heterocycles. The summed E-state index contributed by atoms with van der Waals surface area (Å²) < 4.78 is 1.64. The third-order valence-corrected chi connectivity index (χ3v) is 7.18. The summed E-state index contributed by atoms with van der Waals surface area (Å²) in [6, 6.07) is 12.0. The van der Waals surface area contributed by atoms with Crippen LogP contribution >= 0.6 is 34.5 Å². The van der Waals surface area contributed by atoms with E-state index in [4.69, 9.17) is 23.2 Å².